The van der Waals surface area contributed by atoms with E-state index < -0.39 is 29.1 Å². The number of hydrogen-bond acceptors (Lipinski definition) is 3. The Hall–Kier alpha value is -2.24. The fourth-order valence-corrected chi connectivity index (χ4v) is 2.49. The van der Waals surface area contributed by atoms with Gasteiger partial charge in [-0.05, 0) is 25.5 Å². The van der Waals surface area contributed by atoms with Crippen LogP contribution in [-0.4, -0.2) is 34.7 Å². The maximum atomic E-state index is 13.1. The molecule has 1 N–H and O–H groups in total. The molecule has 3 amide bonds. The maximum absolute atomic E-state index is 13.1. The van der Waals surface area contributed by atoms with Crippen molar-refractivity contribution in [2.45, 2.75) is 38.6 Å². The van der Waals surface area contributed by atoms with Gasteiger partial charge in [0.25, 0.3) is 5.91 Å². The van der Waals surface area contributed by atoms with Gasteiger partial charge in [-0.25, -0.2) is 9.18 Å². The quantitative estimate of drug-likeness (QED) is 0.648. The number of unbranched alkanes of at least 4 members (excludes halogenated alkanes) is 1. The molecule has 6 heteroatoms. The number of imide groups is 1. The van der Waals surface area contributed by atoms with Gasteiger partial charge in [0, 0.05) is 5.56 Å². The molecule has 1 aromatic rings. The number of carbonyl (C=O) groups is 3. The number of nitrogens with zero attached hydrogens (tertiary/aromatic N) is 1. The summed E-state index contributed by atoms with van der Waals surface area (Å²) in [5.74, 6) is -1.41. The Morgan fingerprint density at radius 2 is 2.09 bits per heavy atom. The highest BCUT2D eigenvalue weighted by Crippen LogP contribution is 2.23. The summed E-state index contributed by atoms with van der Waals surface area (Å²) in [6.45, 7) is 3.28. The Morgan fingerprint density at radius 1 is 1.36 bits per heavy atom. The second kappa shape index (κ2) is 6.25. The molecule has 1 aliphatic rings. The Bertz CT molecular complexity index is 617. The van der Waals surface area contributed by atoms with E-state index in [-0.39, 0.29) is 12.1 Å². The van der Waals surface area contributed by atoms with Crippen molar-refractivity contribution in [2.24, 2.45) is 0 Å². The highest BCUT2D eigenvalue weighted by molar-refractivity contribution is 6.10. The lowest BCUT2D eigenvalue weighted by Gasteiger charge is -2.21. The number of Topliss-reactive ketones (excluding diaryl/α,β-unsaturated/α-hetero) is 1. The standard InChI is InChI=1S/C16H19FN2O3/c1-3-4-8-16(2)14(21)19(15(22)18-16)10-13(20)11-6-5-7-12(17)9-11/h5-7,9H,3-4,8,10H2,1-2H3,(H,18,22)/t16-/m0/s1. The average molecular weight is 306 g/mol. The van der Waals surface area contributed by atoms with Gasteiger partial charge in [-0.1, -0.05) is 31.9 Å². The van der Waals surface area contributed by atoms with Gasteiger partial charge < -0.3 is 5.32 Å². The summed E-state index contributed by atoms with van der Waals surface area (Å²) in [6, 6.07) is 4.62. The number of carbonyl (C=O) groups excluding carboxylic acids is 3. The zero-order valence-corrected chi connectivity index (χ0v) is 12.7. The first-order valence-corrected chi connectivity index (χ1v) is 7.30. The van der Waals surface area contributed by atoms with Gasteiger partial charge in [-0.3, -0.25) is 14.5 Å². The summed E-state index contributed by atoms with van der Waals surface area (Å²) in [5.41, 5.74) is -0.822. The van der Waals surface area contributed by atoms with Gasteiger partial charge in [0.05, 0.1) is 6.54 Å². The highest BCUT2D eigenvalue weighted by atomic mass is 19.1. The molecule has 22 heavy (non-hydrogen) atoms. The molecule has 2 rings (SSSR count). The van der Waals surface area contributed by atoms with Crippen LogP contribution < -0.4 is 5.32 Å². The minimum Gasteiger partial charge on any atom is -0.323 e. The molecule has 0 bridgehead atoms. The number of hydrogen-bond donors (Lipinski definition) is 1. The van der Waals surface area contributed by atoms with Gasteiger partial charge in [-0.2, -0.15) is 0 Å². The number of amides is 3. The van der Waals surface area contributed by atoms with Gasteiger partial charge in [-0.15, -0.1) is 0 Å². The van der Waals surface area contributed by atoms with Crippen molar-refractivity contribution in [3.05, 3.63) is 35.6 Å². The van der Waals surface area contributed by atoms with Crippen molar-refractivity contribution in [3.63, 3.8) is 0 Å². The van der Waals surface area contributed by atoms with Crippen LogP contribution in [0.15, 0.2) is 24.3 Å². The van der Waals surface area contributed by atoms with E-state index in [4.69, 9.17) is 0 Å². The van der Waals surface area contributed by atoms with Crippen LogP contribution in [0, 0.1) is 5.82 Å². The predicted octanol–water partition coefficient (Wildman–Crippen LogP) is 2.51. The Kier molecular flexibility index (Phi) is 4.59. The van der Waals surface area contributed by atoms with E-state index >= 15 is 0 Å². The summed E-state index contributed by atoms with van der Waals surface area (Å²) >= 11 is 0. The molecule has 0 radical (unpaired) electrons. The highest BCUT2D eigenvalue weighted by Gasteiger charge is 2.47. The number of urea groups is 1. The number of nitrogens with one attached hydrogen (secondary N) is 1. The van der Waals surface area contributed by atoms with Crippen LogP contribution in [0.4, 0.5) is 9.18 Å². The lowest BCUT2D eigenvalue weighted by atomic mass is 9.95. The minimum absolute atomic E-state index is 0.141. The molecule has 1 aliphatic heterocycles. The lowest BCUT2D eigenvalue weighted by Crippen LogP contribution is -2.44. The van der Waals surface area contributed by atoms with Crippen molar-refractivity contribution >= 4 is 17.7 Å². The summed E-state index contributed by atoms with van der Waals surface area (Å²) in [4.78, 5) is 37.4. The summed E-state index contributed by atoms with van der Waals surface area (Å²) in [6.07, 6.45) is 2.23. The van der Waals surface area contributed by atoms with E-state index in [9.17, 15) is 18.8 Å². The normalized spacial score (nSPS) is 21.1. The van der Waals surface area contributed by atoms with E-state index in [1.807, 2.05) is 6.92 Å². The zero-order chi connectivity index (χ0) is 16.3. The molecule has 1 fully saturated rings. The molecule has 1 aromatic carbocycles. The van der Waals surface area contributed by atoms with E-state index in [1.165, 1.54) is 18.2 Å². The van der Waals surface area contributed by atoms with Crippen molar-refractivity contribution in [3.8, 4) is 0 Å². The molecule has 0 aromatic heterocycles. The molecule has 0 unspecified atom stereocenters. The third-order valence-electron chi connectivity index (χ3n) is 3.82. The summed E-state index contributed by atoms with van der Waals surface area (Å²) in [7, 11) is 0. The number of benzene rings is 1. The molecule has 118 valence electrons. The van der Waals surface area contributed by atoms with Crippen LogP contribution in [-0.2, 0) is 4.79 Å². The monoisotopic (exact) mass is 306 g/mol. The minimum atomic E-state index is -0.963. The molecule has 1 atom stereocenters. The SMILES string of the molecule is CCCC[C@]1(C)NC(=O)N(CC(=O)c2cccc(F)c2)C1=O. The van der Waals surface area contributed by atoms with E-state index in [1.54, 1.807) is 6.92 Å². The van der Waals surface area contributed by atoms with Crippen LogP contribution in [0.25, 0.3) is 0 Å². The second-order valence-corrected chi connectivity index (χ2v) is 5.69. The topological polar surface area (TPSA) is 66.5 Å². The van der Waals surface area contributed by atoms with Crippen molar-refractivity contribution in [1.82, 2.24) is 10.2 Å². The number of halogens is 1. The van der Waals surface area contributed by atoms with Gasteiger partial charge >= 0.3 is 6.03 Å². The molecule has 1 saturated heterocycles. The van der Waals surface area contributed by atoms with Gasteiger partial charge in [0.15, 0.2) is 5.78 Å². The van der Waals surface area contributed by atoms with Gasteiger partial charge in [0.1, 0.15) is 11.4 Å². The predicted molar refractivity (Wildman–Crippen MR) is 78.9 cm³/mol. The first kappa shape index (κ1) is 16.1. The molecular formula is C16H19FN2O3. The van der Waals surface area contributed by atoms with Crippen LogP contribution in [0.2, 0.25) is 0 Å². The second-order valence-electron chi connectivity index (χ2n) is 5.69. The molecule has 0 spiro atoms. The van der Waals surface area contributed by atoms with Crippen molar-refractivity contribution < 1.29 is 18.8 Å². The molecule has 5 nitrogen and oxygen atoms in total. The lowest BCUT2D eigenvalue weighted by molar-refractivity contribution is -0.130. The van der Waals surface area contributed by atoms with E-state index in [0.717, 1.165) is 23.8 Å². The first-order valence-electron chi connectivity index (χ1n) is 7.30. The van der Waals surface area contributed by atoms with Crippen LogP contribution in [0.1, 0.15) is 43.5 Å². The number of rotatable bonds is 6. The maximum Gasteiger partial charge on any atom is 0.325 e. The third-order valence-corrected chi connectivity index (χ3v) is 3.82. The zero-order valence-electron chi connectivity index (χ0n) is 12.7. The van der Waals surface area contributed by atoms with Crippen LogP contribution in [0.3, 0.4) is 0 Å². The summed E-state index contributed by atoms with van der Waals surface area (Å²) < 4.78 is 13.1. The first-order chi connectivity index (χ1) is 10.4. The third kappa shape index (κ3) is 3.16. The molecule has 0 saturated carbocycles. The van der Waals surface area contributed by atoms with Crippen LogP contribution >= 0.6 is 0 Å². The Balaban J connectivity index is 2.11. The Morgan fingerprint density at radius 3 is 2.73 bits per heavy atom. The Labute approximate surface area is 128 Å². The molecular weight excluding hydrogens is 287 g/mol. The van der Waals surface area contributed by atoms with E-state index in [0.29, 0.717) is 6.42 Å². The molecule has 0 aliphatic carbocycles. The van der Waals surface area contributed by atoms with Gasteiger partial charge in [0.2, 0.25) is 0 Å². The largest absolute Gasteiger partial charge is 0.325 e. The van der Waals surface area contributed by atoms with Crippen molar-refractivity contribution in [1.29, 1.82) is 0 Å². The fraction of sp³-hybridized carbons (Fsp3) is 0.438. The van der Waals surface area contributed by atoms with Crippen LogP contribution in [0.5, 0.6) is 0 Å². The fourth-order valence-electron chi connectivity index (χ4n) is 2.49. The summed E-state index contributed by atoms with van der Waals surface area (Å²) in [5, 5.41) is 2.64. The smallest absolute Gasteiger partial charge is 0.323 e. The average Bonchev–Trinajstić information content (AvgIpc) is 2.69. The molecule has 1 heterocycles. The van der Waals surface area contributed by atoms with Crippen molar-refractivity contribution in [2.75, 3.05) is 6.54 Å². The number of ketones is 1. The van der Waals surface area contributed by atoms with E-state index in [2.05, 4.69) is 5.32 Å².